The molecule has 1 aliphatic heterocycles. The van der Waals surface area contributed by atoms with Gasteiger partial charge in [0.15, 0.2) is 12.4 Å². The molecular weight excluding hydrogens is 480 g/mol. The van der Waals surface area contributed by atoms with Crippen LogP contribution < -0.4 is 15.4 Å². The Morgan fingerprint density at radius 1 is 0.917 bits per heavy atom. The molecular formula is C27H24N2O6S. The summed E-state index contributed by atoms with van der Waals surface area (Å²) in [4.78, 5) is 47.7. The topological polar surface area (TPSA) is 122 Å². The molecule has 0 unspecified atom stereocenters. The number of benzene rings is 3. The van der Waals surface area contributed by atoms with E-state index >= 15 is 0 Å². The quantitative estimate of drug-likeness (QED) is 0.271. The fraction of sp³-hybridized carbons (Fsp3) is 0.185. The second-order valence-corrected chi connectivity index (χ2v) is 9.22. The summed E-state index contributed by atoms with van der Waals surface area (Å²) in [6, 6.07) is 25.5. The molecule has 1 fully saturated rings. The van der Waals surface area contributed by atoms with Crippen molar-refractivity contribution < 1.29 is 29.0 Å². The molecule has 0 aromatic heterocycles. The molecule has 8 nitrogen and oxygen atoms in total. The van der Waals surface area contributed by atoms with Gasteiger partial charge in [0.1, 0.15) is 23.1 Å². The zero-order valence-corrected chi connectivity index (χ0v) is 20.0. The highest BCUT2D eigenvalue weighted by Gasteiger charge is 2.56. The first kappa shape index (κ1) is 25.0. The van der Waals surface area contributed by atoms with Crippen molar-refractivity contribution in [3.8, 4) is 5.75 Å². The molecule has 3 aromatic carbocycles. The number of rotatable bonds is 11. The largest absolute Gasteiger partial charge is 0.484 e. The van der Waals surface area contributed by atoms with Gasteiger partial charge in [-0.1, -0.05) is 72.8 Å². The van der Waals surface area contributed by atoms with E-state index in [9.17, 15) is 19.2 Å². The molecule has 1 heterocycles. The zero-order valence-electron chi connectivity index (χ0n) is 19.2. The Morgan fingerprint density at radius 3 is 2.14 bits per heavy atom. The van der Waals surface area contributed by atoms with Gasteiger partial charge in [-0.25, -0.2) is 0 Å². The van der Waals surface area contributed by atoms with E-state index in [2.05, 4.69) is 10.6 Å². The predicted molar refractivity (Wildman–Crippen MR) is 135 cm³/mol. The van der Waals surface area contributed by atoms with Gasteiger partial charge in [0.2, 0.25) is 5.91 Å². The number of hydrogen-bond acceptors (Lipinski definition) is 6. The Kier molecular flexibility index (Phi) is 7.70. The van der Waals surface area contributed by atoms with Crippen LogP contribution in [0.3, 0.4) is 0 Å². The average Bonchev–Trinajstić information content (AvgIpc) is 2.90. The van der Waals surface area contributed by atoms with Crippen LogP contribution in [0.25, 0.3) is 0 Å². The molecule has 3 N–H and O–H groups in total. The maximum Gasteiger partial charge on any atom is 0.322 e. The number of Topliss-reactive ketones (excluding diaryl/α,β-unsaturated/α-hetero) is 1. The van der Waals surface area contributed by atoms with Gasteiger partial charge in [-0.05, 0) is 23.3 Å². The summed E-state index contributed by atoms with van der Waals surface area (Å²) in [6.07, 6.45) is 0. The number of β-lactam (4-membered cyclic amide) rings is 1. The van der Waals surface area contributed by atoms with E-state index in [0.717, 1.165) is 11.1 Å². The van der Waals surface area contributed by atoms with Gasteiger partial charge in [0, 0.05) is 5.56 Å². The Hall–Kier alpha value is -4.11. The van der Waals surface area contributed by atoms with Crippen LogP contribution in [0.5, 0.6) is 5.75 Å². The number of ketones is 1. The van der Waals surface area contributed by atoms with Gasteiger partial charge in [-0.2, -0.15) is 0 Å². The van der Waals surface area contributed by atoms with Crippen LogP contribution in [0.2, 0.25) is 0 Å². The van der Waals surface area contributed by atoms with E-state index < -0.39 is 29.2 Å². The summed E-state index contributed by atoms with van der Waals surface area (Å²) in [5.74, 6) is -1.31. The molecule has 36 heavy (non-hydrogen) atoms. The van der Waals surface area contributed by atoms with Gasteiger partial charge >= 0.3 is 5.97 Å². The second kappa shape index (κ2) is 11.1. The van der Waals surface area contributed by atoms with E-state index in [4.69, 9.17) is 9.84 Å². The lowest BCUT2D eigenvalue weighted by atomic mass is 9.74. The minimum atomic E-state index is -1.14. The maximum absolute atomic E-state index is 12.7. The lowest BCUT2D eigenvalue weighted by molar-refractivity contribution is -0.138. The summed E-state index contributed by atoms with van der Waals surface area (Å²) in [7, 11) is 0. The summed E-state index contributed by atoms with van der Waals surface area (Å²) in [5, 5.41) is 13.4. The molecule has 0 spiro atoms. The van der Waals surface area contributed by atoms with Crippen molar-refractivity contribution in [2.45, 2.75) is 10.8 Å². The van der Waals surface area contributed by atoms with Crippen molar-refractivity contribution in [2.24, 2.45) is 0 Å². The summed E-state index contributed by atoms with van der Waals surface area (Å²) in [5.41, 5.74) is 1.46. The van der Waals surface area contributed by atoms with Gasteiger partial charge in [-0.15, -0.1) is 11.8 Å². The summed E-state index contributed by atoms with van der Waals surface area (Å²) in [6.45, 7) is -0.806. The van der Waals surface area contributed by atoms with Crippen LogP contribution in [0.4, 0.5) is 0 Å². The number of thioether (sulfide) groups is 1. The van der Waals surface area contributed by atoms with Crippen molar-refractivity contribution >= 4 is 35.3 Å². The number of carbonyl (C=O) groups is 4. The SMILES string of the molecule is O=C(O)CNC(=O)COc1ccc([C@@]2(c3ccccc3)NC(=O)[C@@H]2SCC(=O)c2ccccc2)cc1. The first-order valence-electron chi connectivity index (χ1n) is 11.2. The van der Waals surface area contributed by atoms with Crippen LogP contribution in [0.15, 0.2) is 84.9 Å². The minimum Gasteiger partial charge on any atom is -0.484 e. The zero-order chi connectivity index (χ0) is 25.5. The number of amides is 2. The number of carboxylic acid groups (broad SMARTS) is 1. The first-order chi connectivity index (χ1) is 17.4. The van der Waals surface area contributed by atoms with Crippen LogP contribution in [-0.2, 0) is 19.9 Å². The van der Waals surface area contributed by atoms with Gasteiger partial charge in [0.05, 0.1) is 5.75 Å². The first-order valence-corrected chi connectivity index (χ1v) is 12.2. The summed E-state index contributed by atoms with van der Waals surface area (Å²) >= 11 is 1.30. The molecule has 9 heteroatoms. The van der Waals surface area contributed by atoms with Gasteiger partial charge in [-0.3, -0.25) is 19.2 Å². The fourth-order valence-electron chi connectivity index (χ4n) is 4.01. The third kappa shape index (κ3) is 5.41. The molecule has 0 radical (unpaired) electrons. The molecule has 0 saturated carbocycles. The van der Waals surface area contributed by atoms with Gasteiger partial charge in [0.25, 0.3) is 5.91 Å². The van der Waals surface area contributed by atoms with E-state index in [1.807, 2.05) is 60.7 Å². The summed E-state index contributed by atoms with van der Waals surface area (Å²) < 4.78 is 5.46. The van der Waals surface area contributed by atoms with Crippen LogP contribution in [0.1, 0.15) is 21.5 Å². The van der Waals surface area contributed by atoms with Crippen molar-refractivity contribution in [1.82, 2.24) is 10.6 Å². The normalized spacial score (nSPS) is 18.4. The number of ether oxygens (including phenoxy) is 1. The Labute approximate surface area is 212 Å². The van der Waals surface area contributed by atoms with Crippen LogP contribution in [-0.4, -0.2) is 52.8 Å². The highest BCUT2D eigenvalue weighted by molar-refractivity contribution is 8.01. The Bertz CT molecular complexity index is 1250. The number of nitrogens with one attached hydrogen (secondary N) is 2. The molecule has 0 bridgehead atoms. The van der Waals surface area contributed by atoms with E-state index in [-0.39, 0.29) is 24.1 Å². The van der Waals surface area contributed by atoms with Crippen molar-refractivity contribution in [3.63, 3.8) is 0 Å². The number of hydrogen-bond donors (Lipinski definition) is 3. The molecule has 2 amide bonds. The minimum absolute atomic E-state index is 0.0489. The Morgan fingerprint density at radius 2 is 1.53 bits per heavy atom. The fourth-order valence-corrected chi connectivity index (χ4v) is 5.29. The monoisotopic (exact) mass is 504 g/mol. The van der Waals surface area contributed by atoms with Crippen LogP contribution in [0, 0.1) is 0 Å². The van der Waals surface area contributed by atoms with E-state index in [1.165, 1.54) is 11.8 Å². The van der Waals surface area contributed by atoms with Crippen LogP contribution >= 0.6 is 11.8 Å². The predicted octanol–water partition coefficient (Wildman–Crippen LogP) is 2.62. The molecule has 1 aliphatic rings. The molecule has 4 rings (SSSR count). The van der Waals surface area contributed by atoms with Gasteiger partial charge < -0.3 is 20.5 Å². The Balaban J connectivity index is 1.52. The number of carboxylic acids is 1. The lowest BCUT2D eigenvalue weighted by Gasteiger charge is -2.49. The molecule has 0 aliphatic carbocycles. The lowest BCUT2D eigenvalue weighted by Crippen LogP contribution is -2.69. The maximum atomic E-state index is 12.7. The highest BCUT2D eigenvalue weighted by atomic mass is 32.2. The highest BCUT2D eigenvalue weighted by Crippen LogP contribution is 2.45. The van der Waals surface area contributed by atoms with Crippen molar-refractivity contribution in [2.75, 3.05) is 18.9 Å². The third-order valence-corrected chi connectivity index (χ3v) is 7.10. The van der Waals surface area contributed by atoms with E-state index in [1.54, 1.807) is 24.3 Å². The molecule has 3 aromatic rings. The third-order valence-electron chi connectivity index (χ3n) is 5.77. The number of aliphatic carboxylic acids is 1. The molecule has 184 valence electrons. The smallest absolute Gasteiger partial charge is 0.322 e. The average molecular weight is 505 g/mol. The van der Waals surface area contributed by atoms with Crippen molar-refractivity contribution in [1.29, 1.82) is 0 Å². The van der Waals surface area contributed by atoms with Crippen molar-refractivity contribution in [3.05, 3.63) is 102 Å². The number of carbonyl (C=O) groups excluding carboxylic acids is 3. The molecule has 2 atom stereocenters. The molecule has 1 saturated heterocycles. The standard InChI is InChI=1S/C27H24N2O6S/c30-22(18-7-3-1-4-8-18)17-36-25-26(34)29-27(25,19-9-5-2-6-10-19)20-11-13-21(14-12-20)35-16-23(31)28-15-24(32)33/h1-14,25H,15-17H2,(H,28,31)(H,29,34)(H,32,33)/t25-,27+/m0/s1. The second-order valence-electron chi connectivity index (χ2n) is 8.13. The van der Waals surface area contributed by atoms with E-state index in [0.29, 0.717) is 11.3 Å².